The van der Waals surface area contributed by atoms with E-state index < -0.39 is 6.10 Å². The second-order valence-corrected chi connectivity index (χ2v) is 2.19. The van der Waals surface area contributed by atoms with Crippen molar-refractivity contribution in [1.82, 2.24) is 0 Å². The molecule has 0 aromatic carbocycles. The van der Waals surface area contributed by atoms with E-state index in [1.807, 2.05) is 0 Å². The average Bonchev–Trinajstić information content (AvgIpc) is 1.88. The average molecular weight is 131 g/mol. The van der Waals surface area contributed by atoms with Crippen molar-refractivity contribution in [1.29, 1.82) is 0 Å². The molecule has 0 aliphatic carbocycles. The predicted molar refractivity (Wildman–Crippen MR) is 31.0 cm³/mol. The van der Waals surface area contributed by atoms with Crippen LogP contribution in [0.15, 0.2) is 5.18 Å². The summed E-state index contributed by atoms with van der Waals surface area (Å²) in [5.41, 5.74) is 0. The Morgan fingerprint density at radius 1 is 1.56 bits per heavy atom. The van der Waals surface area contributed by atoms with Crippen LogP contribution in [-0.2, 0) is 4.74 Å². The maximum Gasteiger partial charge on any atom is 0.118 e. The highest BCUT2D eigenvalue weighted by molar-refractivity contribution is 4.73. The van der Waals surface area contributed by atoms with Gasteiger partial charge in [0, 0.05) is 6.42 Å². The van der Waals surface area contributed by atoms with E-state index in [9.17, 15) is 4.91 Å². The first-order valence-corrected chi connectivity index (χ1v) is 2.91. The molecule has 0 spiro atoms. The summed E-state index contributed by atoms with van der Waals surface area (Å²) in [6.45, 7) is 0.701. The van der Waals surface area contributed by atoms with Crippen molar-refractivity contribution in [3.63, 3.8) is 0 Å². The van der Waals surface area contributed by atoms with E-state index in [-0.39, 0.29) is 6.04 Å². The minimum Gasteiger partial charge on any atom is -0.391 e. The molecule has 9 heavy (non-hydrogen) atoms. The SMILES string of the molecule is O=N[C@H]1COC[C@@H](O)C1. The lowest BCUT2D eigenvalue weighted by Gasteiger charge is -2.20. The van der Waals surface area contributed by atoms with Gasteiger partial charge >= 0.3 is 0 Å². The van der Waals surface area contributed by atoms with E-state index in [0.29, 0.717) is 19.6 Å². The molecule has 4 nitrogen and oxygen atoms in total. The summed E-state index contributed by atoms with van der Waals surface area (Å²) in [6.07, 6.45) is -0.0507. The molecule has 0 saturated carbocycles. The Morgan fingerprint density at radius 2 is 2.33 bits per heavy atom. The lowest BCUT2D eigenvalue weighted by atomic mass is 10.1. The number of nitrogens with zero attached hydrogens (tertiary/aromatic N) is 1. The fourth-order valence-corrected chi connectivity index (χ4v) is 0.864. The number of aliphatic hydroxyl groups excluding tert-OH is 1. The molecule has 1 heterocycles. The normalized spacial score (nSPS) is 36.1. The summed E-state index contributed by atoms with van der Waals surface area (Å²) in [7, 11) is 0. The fraction of sp³-hybridized carbons (Fsp3) is 1.00. The minimum absolute atomic E-state index is 0.339. The molecule has 0 radical (unpaired) electrons. The maximum atomic E-state index is 9.86. The van der Waals surface area contributed by atoms with Crippen LogP contribution in [0.4, 0.5) is 0 Å². The summed E-state index contributed by atoms with van der Waals surface area (Å²) in [5.74, 6) is 0. The van der Waals surface area contributed by atoms with Crippen LogP contribution in [0, 0.1) is 4.91 Å². The monoisotopic (exact) mass is 131 g/mol. The summed E-state index contributed by atoms with van der Waals surface area (Å²) in [6, 6.07) is -0.339. The van der Waals surface area contributed by atoms with Gasteiger partial charge in [0.2, 0.25) is 0 Å². The van der Waals surface area contributed by atoms with E-state index in [0.717, 1.165) is 0 Å². The van der Waals surface area contributed by atoms with Crippen LogP contribution in [0.3, 0.4) is 0 Å². The number of aliphatic hydroxyl groups is 1. The summed E-state index contributed by atoms with van der Waals surface area (Å²) < 4.78 is 4.84. The molecule has 0 unspecified atom stereocenters. The molecule has 0 bridgehead atoms. The van der Waals surface area contributed by atoms with Crippen LogP contribution >= 0.6 is 0 Å². The first kappa shape index (κ1) is 6.64. The topological polar surface area (TPSA) is 58.9 Å². The zero-order valence-electron chi connectivity index (χ0n) is 4.99. The Kier molecular flexibility index (Phi) is 2.13. The maximum absolute atomic E-state index is 9.86. The minimum atomic E-state index is -0.499. The highest BCUT2D eigenvalue weighted by Gasteiger charge is 2.20. The molecule has 52 valence electrons. The Morgan fingerprint density at radius 3 is 2.78 bits per heavy atom. The number of nitroso groups, excluding NO2 is 1. The van der Waals surface area contributed by atoms with Crippen molar-refractivity contribution >= 4 is 0 Å². The molecule has 1 N–H and O–H groups in total. The molecule has 0 aromatic rings. The summed E-state index contributed by atoms with van der Waals surface area (Å²) in [5, 5.41) is 11.6. The van der Waals surface area contributed by atoms with E-state index >= 15 is 0 Å². The van der Waals surface area contributed by atoms with Crippen LogP contribution in [0.1, 0.15) is 6.42 Å². The van der Waals surface area contributed by atoms with Crippen molar-refractivity contribution in [2.75, 3.05) is 13.2 Å². The lowest BCUT2D eigenvalue weighted by molar-refractivity contribution is -0.0153. The molecule has 0 aromatic heterocycles. The second kappa shape index (κ2) is 2.89. The van der Waals surface area contributed by atoms with Gasteiger partial charge in [-0.1, -0.05) is 5.18 Å². The van der Waals surface area contributed by atoms with E-state index in [2.05, 4.69) is 5.18 Å². The van der Waals surface area contributed by atoms with Crippen LogP contribution < -0.4 is 0 Å². The van der Waals surface area contributed by atoms with Crippen molar-refractivity contribution in [2.24, 2.45) is 5.18 Å². The van der Waals surface area contributed by atoms with Gasteiger partial charge in [-0.2, -0.15) is 4.91 Å². The van der Waals surface area contributed by atoms with E-state index in [4.69, 9.17) is 9.84 Å². The number of rotatable bonds is 1. The van der Waals surface area contributed by atoms with Crippen molar-refractivity contribution in [3.05, 3.63) is 4.91 Å². The molecule has 1 aliphatic rings. The highest BCUT2D eigenvalue weighted by Crippen LogP contribution is 2.09. The first-order valence-electron chi connectivity index (χ1n) is 2.91. The van der Waals surface area contributed by atoms with Crippen molar-refractivity contribution in [3.8, 4) is 0 Å². The first-order chi connectivity index (χ1) is 4.33. The van der Waals surface area contributed by atoms with Gasteiger partial charge in [-0.3, -0.25) is 0 Å². The van der Waals surface area contributed by atoms with Gasteiger partial charge in [-0.25, -0.2) is 0 Å². The van der Waals surface area contributed by atoms with Gasteiger partial charge in [0.05, 0.1) is 19.3 Å². The molecule has 0 amide bonds. The van der Waals surface area contributed by atoms with Crippen LogP contribution in [0.25, 0.3) is 0 Å². The largest absolute Gasteiger partial charge is 0.391 e. The zero-order valence-corrected chi connectivity index (χ0v) is 4.99. The summed E-state index contributed by atoms with van der Waals surface area (Å²) >= 11 is 0. The smallest absolute Gasteiger partial charge is 0.118 e. The predicted octanol–water partition coefficient (Wildman–Crippen LogP) is -0.0974. The number of hydrogen-bond acceptors (Lipinski definition) is 4. The molecule has 1 aliphatic heterocycles. The quantitative estimate of drug-likeness (QED) is 0.505. The third-order valence-electron chi connectivity index (χ3n) is 1.31. The number of hydrogen-bond donors (Lipinski definition) is 1. The molecule has 2 atom stereocenters. The Balaban J connectivity index is 2.31. The fourth-order valence-electron chi connectivity index (χ4n) is 0.864. The second-order valence-electron chi connectivity index (χ2n) is 2.19. The lowest BCUT2D eigenvalue weighted by Crippen LogP contribution is -2.31. The van der Waals surface area contributed by atoms with Gasteiger partial charge in [0.1, 0.15) is 6.04 Å². The molecule has 1 fully saturated rings. The molecular weight excluding hydrogens is 122 g/mol. The van der Waals surface area contributed by atoms with Gasteiger partial charge in [-0.15, -0.1) is 0 Å². The standard InChI is InChI=1S/C5H9NO3/c7-5-1-4(6-8)2-9-3-5/h4-5,7H,1-3H2/t4-,5+/m1/s1. The van der Waals surface area contributed by atoms with Crippen molar-refractivity contribution < 1.29 is 9.84 Å². The molecular formula is C5H9NO3. The van der Waals surface area contributed by atoms with Crippen LogP contribution in [-0.4, -0.2) is 30.5 Å². The summed E-state index contributed by atoms with van der Waals surface area (Å²) in [4.78, 5) is 9.86. The van der Waals surface area contributed by atoms with E-state index in [1.165, 1.54) is 0 Å². The van der Waals surface area contributed by atoms with Crippen LogP contribution in [0.5, 0.6) is 0 Å². The van der Waals surface area contributed by atoms with Crippen LogP contribution in [0.2, 0.25) is 0 Å². The van der Waals surface area contributed by atoms with Gasteiger partial charge in [0.25, 0.3) is 0 Å². The molecule has 1 rings (SSSR count). The van der Waals surface area contributed by atoms with Gasteiger partial charge in [0.15, 0.2) is 0 Å². The van der Waals surface area contributed by atoms with Gasteiger partial charge < -0.3 is 9.84 Å². The van der Waals surface area contributed by atoms with E-state index in [1.54, 1.807) is 0 Å². The molecule has 4 heteroatoms. The third-order valence-corrected chi connectivity index (χ3v) is 1.31. The third kappa shape index (κ3) is 1.73. The Bertz CT molecular complexity index is 106. The molecule has 1 saturated heterocycles. The zero-order chi connectivity index (χ0) is 6.69. The van der Waals surface area contributed by atoms with Gasteiger partial charge in [-0.05, 0) is 0 Å². The van der Waals surface area contributed by atoms with Crippen molar-refractivity contribution in [2.45, 2.75) is 18.6 Å². The number of ether oxygens (including phenoxy) is 1. The Hall–Kier alpha value is -0.480. The Labute approximate surface area is 52.8 Å². The highest BCUT2D eigenvalue weighted by atomic mass is 16.5.